The number of pyridine rings is 4. The van der Waals surface area contributed by atoms with Crippen LogP contribution in [0.5, 0.6) is 0 Å². The molecule has 7 aromatic carbocycles. The second kappa shape index (κ2) is 16.4. The Bertz CT molecular complexity index is 3400. The molecule has 0 aliphatic heterocycles. The first kappa shape index (κ1) is 40.5. The predicted octanol–water partition coefficient (Wildman–Crippen LogP) is 14.6. The molecule has 318 valence electrons. The zero-order valence-electron chi connectivity index (χ0n) is 38.0. The minimum atomic E-state index is 0.876. The first-order chi connectivity index (χ1) is 32.2. The van der Waals surface area contributed by atoms with Gasteiger partial charge in [0.2, 0.25) is 0 Å². The standard InChI is InChI=1S/C60H48N6/c1-37-31-48(54-34-50(40-21-13-8-14-22-40)44-28-30-46-52(42-25-17-10-18-26-42)36-56(66(5)6)64-60(46)58(44)62-54)38(2)32-47(37)53-33-49(39-19-11-7-12-20-39)43-27-29-45-51(41-23-15-9-16-24-41)35-55(65(3)4)63-59(45)57(43)61-53/h7-36H,1-6H3. The Morgan fingerprint density at radius 2 is 0.561 bits per heavy atom. The highest BCUT2D eigenvalue weighted by Crippen LogP contribution is 2.43. The van der Waals surface area contributed by atoms with Crippen LogP contribution in [0, 0.1) is 13.8 Å². The summed E-state index contributed by atoms with van der Waals surface area (Å²) in [4.78, 5) is 25.9. The topological polar surface area (TPSA) is 58.0 Å². The van der Waals surface area contributed by atoms with Gasteiger partial charge in [0, 0.05) is 60.9 Å². The number of anilines is 2. The summed E-state index contributed by atoms with van der Waals surface area (Å²) < 4.78 is 0. The zero-order chi connectivity index (χ0) is 45.1. The van der Waals surface area contributed by atoms with E-state index in [0.717, 1.165) is 133 Å². The van der Waals surface area contributed by atoms with E-state index in [1.54, 1.807) is 0 Å². The second-order valence-electron chi connectivity index (χ2n) is 17.6. The summed E-state index contributed by atoms with van der Waals surface area (Å²) >= 11 is 0. The van der Waals surface area contributed by atoms with Gasteiger partial charge in [-0.05, 0) is 106 Å². The maximum atomic E-state index is 5.57. The van der Waals surface area contributed by atoms with E-state index in [2.05, 4.69) is 206 Å². The monoisotopic (exact) mass is 852 g/mol. The Morgan fingerprint density at radius 1 is 0.288 bits per heavy atom. The van der Waals surface area contributed by atoms with Crippen molar-refractivity contribution in [3.8, 4) is 67.0 Å². The van der Waals surface area contributed by atoms with Gasteiger partial charge in [-0.15, -0.1) is 0 Å². The lowest BCUT2D eigenvalue weighted by molar-refractivity contribution is 1.08. The molecule has 66 heavy (non-hydrogen) atoms. The molecule has 0 radical (unpaired) electrons. The van der Waals surface area contributed by atoms with E-state index in [0.29, 0.717) is 0 Å². The smallest absolute Gasteiger partial charge is 0.129 e. The number of aromatic nitrogens is 4. The number of benzene rings is 7. The summed E-state index contributed by atoms with van der Waals surface area (Å²) in [5.74, 6) is 1.77. The van der Waals surface area contributed by atoms with Crippen LogP contribution in [0.25, 0.3) is 111 Å². The van der Waals surface area contributed by atoms with E-state index < -0.39 is 0 Å². The Hall–Kier alpha value is -8.22. The second-order valence-corrected chi connectivity index (χ2v) is 17.6. The van der Waals surface area contributed by atoms with Gasteiger partial charge in [-0.1, -0.05) is 146 Å². The SMILES string of the molecule is Cc1cc(-c2cc(-c3ccccc3)c3ccc4c(-c5ccccc5)cc(N(C)C)nc4c3n2)c(C)cc1-c1cc(-c2ccccc2)c2ccc3c(-c4ccccc4)cc(N(C)C)nc3c2n1. The van der Waals surface area contributed by atoms with Crippen molar-refractivity contribution >= 4 is 55.2 Å². The van der Waals surface area contributed by atoms with Crippen molar-refractivity contribution in [3.63, 3.8) is 0 Å². The van der Waals surface area contributed by atoms with E-state index in [4.69, 9.17) is 19.9 Å². The molecule has 0 aliphatic rings. The highest BCUT2D eigenvalue weighted by molar-refractivity contribution is 6.15. The largest absolute Gasteiger partial charge is 0.363 e. The van der Waals surface area contributed by atoms with Crippen LogP contribution in [-0.4, -0.2) is 48.1 Å². The lowest BCUT2D eigenvalue weighted by atomic mass is 9.91. The Morgan fingerprint density at radius 3 is 0.848 bits per heavy atom. The number of aryl methyl sites for hydroxylation is 2. The molecule has 0 bridgehead atoms. The maximum Gasteiger partial charge on any atom is 0.129 e. The molecule has 0 saturated heterocycles. The van der Waals surface area contributed by atoms with E-state index in [1.165, 1.54) is 0 Å². The molecular weight excluding hydrogens is 805 g/mol. The van der Waals surface area contributed by atoms with Crippen LogP contribution in [0.4, 0.5) is 11.6 Å². The highest BCUT2D eigenvalue weighted by atomic mass is 15.1. The van der Waals surface area contributed by atoms with E-state index in [1.807, 2.05) is 28.2 Å². The zero-order valence-corrected chi connectivity index (χ0v) is 38.0. The van der Waals surface area contributed by atoms with Gasteiger partial charge in [0.15, 0.2) is 0 Å². The molecule has 11 rings (SSSR count). The van der Waals surface area contributed by atoms with Crippen LogP contribution in [0.3, 0.4) is 0 Å². The summed E-state index contributed by atoms with van der Waals surface area (Å²) in [6, 6.07) is 64.8. The van der Waals surface area contributed by atoms with Gasteiger partial charge in [0.25, 0.3) is 0 Å². The van der Waals surface area contributed by atoms with Crippen LogP contribution in [0.1, 0.15) is 11.1 Å². The molecule has 0 atom stereocenters. The minimum absolute atomic E-state index is 0.876. The molecule has 6 nitrogen and oxygen atoms in total. The van der Waals surface area contributed by atoms with Gasteiger partial charge < -0.3 is 9.80 Å². The van der Waals surface area contributed by atoms with Crippen molar-refractivity contribution < 1.29 is 0 Å². The number of hydrogen-bond donors (Lipinski definition) is 0. The van der Waals surface area contributed by atoms with Gasteiger partial charge in [-0.3, -0.25) is 0 Å². The van der Waals surface area contributed by atoms with E-state index in [-0.39, 0.29) is 0 Å². The molecule has 0 unspecified atom stereocenters. The van der Waals surface area contributed by atoms with Crippen LogP contribution >= 0.6 is 0 Å². The summed E-state index contributed by atoms with van der Waals surface area (Å²) in [6.07, 6.45) is 0. The van der Waals surface area contributed by atoms with Gasteiger partial charge in [-0.2, -0.15) is 0 Å². The summed E-state index contributed by atoms with van der Waals surface area (Å²) in [5.41, 5.74) is 18.7. The van der Waals surface area contributed by atoms with Crippen LogP contribution in [0.15, 0.2) is 182 Å². The van der Waals surface area contributed by atoms with Crippen LogP contribution in [-0.2, 0) is 0 Å². The molecular formula is C60H48N6. The Balaban J connectivity index is 1.15. The van der Waals surface area contributed by atoms with E-state index >= 15 is 0 Å². The fraction of sp³-hybridized carbons (Fsp3) is 0.100. The van der Waals surface area contributed by atoms with Gasteiger partial charge in [0.1, 0.15) is 11.6 Å². The lowest BCUT2D eigenvalue weighted by Crippen LogP contribution is -2.11. The fourth-order valence-electron chi connectivity index (χ4n) is 9.45. The molecule has 4 aromatic heterocycles. The third kappa shape index (κ3) is 7.08. The van der Waals surface area contributed by atoms with Crippen molar-refractivity contribution in [1.82, 2.24) is 19.9 Å². The van der Waals surface area contributed by atoms with E-state index in [9.17, 15) is 0 Å². The van der Waals surface area contributed by atoms with Crippen LogP contribution in [0.2, 0.25) is 0 Å². The summed E-state index contributed by atoms with van der Waals surface area (Å²) in [5, 5.41) is 4.26. The first-order valence-electron chi connectivity index (χ1n) is 22.5. The normalized spacial score (nSPS) is 11.5. The van der Waals surface area contributed by atoms with Gasteiger partial charge >= 0.3 is 0 Å². The number of fused-ring (bicyclic) bond motifs is 6. The van der Waals surface area contributed by atoms with Crippen molar-refractivity contribution in [2.75, 3.05) is 38.0 Å². The molecule has 0 fully saturated rings. The fourth-order valence-corrected chi connectivity index (χ4v) is 9.45. The third-order valence-electron chi connectivity index (χ3n) is 12.9. The van der Waals surface area contributed by atoms with Crippen molar-refractivity contribution in [2.45, 2.75) is 13.8 Å². The Kier molecular flexibility index (Phi) is 10.1. The van der Waals surface area contributed by atoms with Gasteiger partial charge in [-0.25, -0.2) is 19.9 Å². The van der Waals surface area contributed by atoms with Gasteiger partial charge in [0.05, 0.1) is 33.5 Å². The quantitative estimate of drug-likeness (QED) is 0.142. The minimum Gasteiger partial charge on any atom is -0.363 e. The van der Waals surface area contributed by atoms with Crippen molar-refractivity contribution in [3.05, 3.63) is 193 Å². The van der Waals surface area contributed by atoms with Crippen LogP contribution < -0.4 is 9.80 Å². The average Bonchev–Trinajstić information content (AvgIpc) is 3.36. The number of nitrogens with zero attached hydrogens (tertiary/aromatic N) is 6. The molecule has 0 aliphatic carbocycles. The van der Waals surface area contributed by atoms with Crippen molar-refractivity contribution in [2.24, 2.45) is 0 Å². The molecule has 0 saturated carbocycles. The Labute approximate surface area is 385 Å². The van der Waals surface area contributed by atoms with Crippen molar-refractivity contribution in [1.29, 1.82) is 0 Å². The molecule has 6 heteroatoms. The summed E-state index contributed by atoms with van der Waals surface area (Å²) in [7, 11) is 8.19. The number of rotatable bonds is 8. The maximum absolute atomic E-state index is 5.57. The molecule has 0 N–H and O–H groups in total. The molecule has 0 spiro atoms. The molecule has 0 amide bonds. The third-order valence-corrected chi connectivity index (χ3v) is 12.9. The average molecular weight is 853 g/mol. The number of hydrogen-bond acceptors (Lipinski definition) is 6. The molecule has 11 aromatic rings. The molecule has 4 heterocycles. The summed E-state index contributed by atoms with van der Waals surface area (Å²) in [6.45, 7) is 4.38. The highest BCUT2D eigenvalue weighted by Gasteiger charge is 2.21. The predicted molar refractivity (Wildman–Crippen MR) is 278 cm³/mol. The lowest BCUT2D eigenvalue weighted by Gasteiger charge is -2.19. The first-order valence-corrected chi connectivity index (χ1v) is 22.5.